The standard InChI is InChI=1S/C12H18F3N5O/c1-7-5-20(6-11(2,3)21-7)9-4-8(12(13,14)15)17-10(18-9)19-16/h4,7H,5-6,16H2,1-3H3,(H,17,18,19). The van der Waals surface area contributed by atoms with Gasteiger partial charge in [0.1, 0.15) is 5.82 Å². The maximum absolute atomic E-state index is 12.9. The van der Waals surface area contributed by atoms with Crippen molar-refractivity contribution in [1.29, 1.82) is 0 Å². The molecule has 0 spiro atoms. The normalized spacial score (nSPS) is 22.2. The Labute approximate surface area is 120 Å². The van der Waals surface area contributed by atoms with Gasteiger partial charge >= 0.3 is 6.18 Å². The third-order valence-electron chi connectivity index (χ3n) is 3.03. The summed E-state index contributed by atoms with van der Waals surface area (Å²) in [5.74, 6) is 5.06. The van der Waals surface area contributed by atoms with Crippen LogP contribution in [0.15, 0.2) is 6.07 Å². The molecule has 0 amide bonds. The molecule has 3 N–H and O–H groups in total. The molecule has 0 saturated carbocycles. The number of hydrogen-bond acceptors (Lipinski definition) is 6. The number of hydrazine groups is 1. The van der Waals surface area contributed by atoms with Crippen LogP contribution in [-0.4, -0.2) is 34.8 Å². The summed E-state index contributed by atoms with van der Waals surface area (Å²) in [6, 6.07) is 0.926. The number of nitrogen functional groups attached to an aromatic ring is 1. The van der Waals surface area contributed by atoms with Crippen molar-refractivity contribution in [3.63, 3.8) is 0 Å². The molecule has 0 bridgehead atoms. The number of morpholine rings is 1. The topological polar surface area (TPSA) is 76.3 Å². The zero-order chi connectivity index (χ0) is 15.8. The van der Waals surface area contributed by atoms with E-state index in [4.69, 9.17) is 10.6 Å². The number of aromatic nitrogens is 2. The Morgan fingerprint density at radius 1 is 1.43 bits per heavy atom. The SMILES string of the molecule is CC1CN(c2cc(C(F)(F)F)nc(NN)n2)CC(C)(C)O1. The molecule has 118 valence electrons. The Morgan fingerprint density at radius 2 is 2.10 bits per heavy atom. The average molecular weight is 305 g/mol. The zero-order valence-electron chi connectivity index (χ0n) is 12.0. The number of alkyl halides is 3. The van der Waals surface area contributed by atoms with Crippen molar-refractivity contribution in [3.05, 3.63) is 11.8 Å². The van der Waals surface area contributed by atoms with Gasteiger partial charge in [-0.15, -0.1) is 0 Å². The van der Waals surface area contributed by atoms with E-state index in [1.807, 2.05) is 20.8 Å². The number of halogens is 3. The van der Waals surface area contributed by atoms with Crippen LogP contribution in [0.25, 0.3) is 0 Å². The van der Waals surface area contributed by atoms with Crippen molar-refractivity contribution < 1.29 is 17.9 Å². The lowest BCUT2D eigenvalue weighted by Gasteiger charge is -2.42. The predicted molar refractivity (Wildman–Crippen MR) is 71.7 cm³/mol. The summed E-state index contributed by atoms with van der Waals surface area (Å²) >= 11 is 0. The van der Waals surface area contributed by atoms with E-state index in [0.717, 1.165) is 6.07 Å². The Morgan fingerprint density at radius 3 is 2.62 bits per heavy atom. The van der Waals surface area contributed by atoms with Crippen LogP contribution in [0.3, 0.4) is 0 Å². The number of rotatable bonds is 2. The van der Waals surface area contributed by atoms with E-state index >= 15 is 0 Å². The quantitative estimate of drug-likeness (QED) is 0.641. The predicted octanol–water partition coefficient (Wildman–Crippen LogP) is 1.78. The minimum atomic E-state index is -4.56. The summed E-state index contributed by atoms with van der Waals surface area (Å²) in [6.07, 6.45) is -4.68. The molecule has 1 aromatic rings. The van der Waals surface area contributed by atoms with Gasteiger partial charge in [-0.1, -0.05) is 0 Å². The third-order valence-corrected chi connectivity index (χ3v) is 3.03. The highest BCUT2D eigenvalue weighted by Gasteiger charge is 2.36. The molecule has 0 aromatic carbocycles. The molecule has 1 saturated heterocycles. The van der Waals surface area contributed by atoms with Crippen LogP contribution in [-0.2, 0) is 10.9 Å². The molecule has 9 heteroatoms. The number of nitrogens with one attached hydrogen (secondary N) is 1. The van der Waals surface area contributed by atoms with Gasteiger partial charge in [0, 0.05) is 19.2 Å². The third kappa shape index (κ3) is 3.73. The fourth-order valence-corrected chi connectivity index (χ4v) is 2.43. The van der Waals surface area contributed by atoms with Crippen molar-refractivity contribution in [2.45, 2.75) is 38.7 Å². The molecule has 0 aliphatic carbocycles. The molecule has 21 heavy (non-hydrogen) atoms. The number of ether oxygens (including phenoxy) is 1. The van der Waals surface area contributed by atoms with E-state index in [1.165, 1.54) is 0 Å². The van der Waals surface area contributed by atoms with E-state index in [9.17, 15) is 13.2 Å². The molecular weight excluding hydrogens is 287 g/mol. The lowest BCUT2D eigenvalue weighted by molar-refractivity contribution is -0.141. The number of nitrogens with zero attached hydrogens (tertiary/aromatic N) is 3. The molecule has 1 unspecified atom stereocenters. The lowest BCUT2D eigenvalue weighted by atomic mass is 10.1. The van der Waals surface area contributed by atoms with Gasteiger partial charge in [0.25, 0.3) is 0 Å². The molecular formula is C12H18F3N5O. The van der Waals surface area contributed by atoms with Crippen LogP contribution in [0, 0.1) is 0 Å². The smallest absolute Gasteiger partial charge is 0.369 e. The van der Waals surface area contributed by atoms with Gasteiger partial charge in [0.2, 0.25) is 5.95 Å². The average Bonchev–Trinajstić information content (AvgIpc) is 2.34. The highest BCUT2D eigenvalue weighted by molar-refractivity contribution is 5.46. The van der Waals surface area contributed by atoms with Crippen LogP contribution in [0.4, 0.5) is 24.9 Å². The Hall–Kier alpha value is -1.61. The van der Waals surface area contributed by atoms with Crippen LogP contribution < -0.4 is 16.2 Å². The molecule has 1 aliphatic heterocycles. The van der Waals surface area contributed by atoms with Crippen molar-refractivity contribution in [3.8, 4) is 0 Å². The van der Waals surface area contributed by atoms with E-state index in [1.54, 1.807) is 4.90 Å². The van der Waals surface area contributed by atoms with Crippen molar-refractivity contribution >= 4 is 11.8 Å². The van der Waals surface area contributed by atoms with Crippen LogP contribution >= 0.6 is 0 Å². The fourth-order valence-electron chi connectivity index (χ4n) is 2.43. The van der Waals surface area contributed by atoms with Gasteiger partial charge in [-0.25, -0.2) is 10.8 Å². The minimum absolute atomic E-state index is 0.118. The molecule has 1 aromatic heterocycles. The molecule has 2 heterocycles. The first kappa shape index (κ1) is 15.8. The van der Waals surface area contributed by atoms with Crippen LogP contribution in [0.5, 0.6) is 0 Å². The minimum Gasteiger partial charge on any atom is -0.369 e. The molecule has 6 nitrogen and oxygen atoms in total. The van der Waals surface area contributed by atoms with Crippen LogP contribution in [0.2, 0.25) is 0 Å². The second-order valence-electron chi connectivity index (χ2n) is 5.65. The fraction of sp³-hybridized carbons (Fsp3) is 0.667. The summed E-state index contributed by atoms with van der Waals surface area (Å²) in [5.41, 5.74) is 0.566. The summed E-state index contributed by atoms with van der Waals surface area (Å²) in [7, 11) is 0. The summed E-state index contributed by atoms with van der Waals surface area (Å²) in [6.45, 7) is 6.49. The highest BCUT2D eigenvalue weighted by atomic mass is 19.4. The Kier molecular flexibility index (Phi) is 3.98. The molecule has 0 radical (unpaired) electrons. The number of nitrogens with two attached hydrogens (primary N) is 1. The summed E-state index contributed by atoms with van der Waals surface area (Å²) in [4.78, 5) is 9.10. The van der Waals surface area contributed by atoms with Crippen molar-refractivity contribution in [2.75, 3.05) is 23.4 Å². The first-order valence-electron chi connectivity index (χ1n) is 6.46. The van der Waals surface area contributed by atoms with Crippen LogP contribution in [0.1, 0.15) is 26.5 Å². The summed E-state index contributed by atoms with van der Waals surface area (Å²) in [5, 5.41) is 0. The van der Waals surface area contributed by atoms with Gasteiger partial charge in [-0.2, -0.15) is 18.2 Å². The van der Waals surface area contributed by atoms with E-state index in [-0.39, 0.29) is 17.9 Å². The first-order chi connectivity index (χ1) is 9.60. The van der Waals surface area contributed by atoms with E-state index < -0.39 is 17.5 Å². The molecule has 1 atom stereocenters. The largest absolute Gasteiger partial charge is 0.433 e. The lowest BCUT2D eigenvalue weighted by Crippen LogP contribution is -2.52. The van der Waals surface area contributed by atoms with Gasteiger partial charge in [0.05, 0.1) is 11.7 Å². The maximum Gasteiger partial charge on any atom is 0.433 e. The van der Waals surface area contributed by atoms with Crippen molar-refractivity contribution in [2.24, 2.45) is 5.84 Å². The van der Waals surface area contributed by atoms with Gasteiger partial charge < -0.3 is 9.64 Å². The van der Waals surface area contributed by atoms with E-state index in [2.05, 4.69) is 15.4 Å². The second-order valence-corrected chi connectivity index (χ2v) is 5.65. The highest BCUT2D eigenvalue weighted by Crippen LogP contribution is 2.32. The zero-order valence-corrected chi connectivity index (χ0v) is 12.0. The van der Waals surface area contributed by atoms with Crippen molar-refractivity contribution in [1.82, 2.24) is 9.97 Å². The maximum atomic E-state index is 12.9. The summed E-state index contributed by atoms with van der Waals surface area (Å²) < 4.78 is 44.4. The first-order valence-corrected chi connectivity index (χ1v) is 6.46. The monoisotopic (exact) mass is 305 g/mol. The molecule has 1 aliphatic rings. The Bertz CT molecular complexity index is 520. The number of hydrogen-bond donors (Lipinski definition) is 2. The molecule has 1 fully saturated rings. The van der Waals surface area contributed by atoms with Gasteiger partial charge in [0.15, 0.2) is 5.69 Å². The Balaban J connectivity index is 2.38. The van der Waals surface area contributed by atoms with Gasteiger partial charge in [-0.05, 0) is 20.8 Å². The molecule has 2 rings (SSSR count). The number of anilines is 2. The van der Waals surface area contributed by atoms with Gasteiger partial charge in [-0.3, -0.25) is 5.43 Å². The van der Waals surface area contributed by atoms with E-state index in [0.29, 0.717) is 13.1 Å². The second kappa shape index (κ2) is 5.30.